The molecule has 0 saturated heterocycles. The second-order valence-corrected chi connectivity index (χ2v) is 9.45. The zero-order chi connectivity index (χ0) is 21.3. The number of aryl methyl sites for hydroxylation is 1. The Morgan fingerprint density at radius 2 is 2.17 bits per heavy atom. The summed E-state index contributed by atoms with van der Waals surface area (Å²) in [5.41, 5.74) is 2.27. The Bertz CT molecular complexity index is 1070. The third-order valence-electron chi connectivity index (χ3n) is 5.21. The van der Waals surface area contributed by atoms with Gasteiger partial charge in [0.15, 0.2) is 5.01 Å². The number of halogens is 1. The van der Waals surface area contributed by atoms with E-state index in [0.29, 0.717) is 35.7 Å². The number of thiazole rings is 1. The second-order valence-electron chi connectivity index (χ2n) is 7.33. The SMILES string of the molecule is Cc1sc(C(=O)c2cncnc2N[C@@H]2CC[C@@H](O)[C@H]2O)nc1Cc1cccc(Br)c1. The molecule has 0 unspecified atom stereocenters. The molecule has 1 aliphatic rings. The van der Waals surface area contributed by atoms with Crippen LogP contribution in [-0.4, -0.2) is 49.2 Å². The smallest absolute Gasteiger partial charge is 0.226 e. The Labute approximate surface area is 186 Å². The Balaban J connectivity index is 1.57. The Kier molecular flexibility index (Phi) is 6.24. The number of hydrogen-bond acceptors (Lipinski definition) is 8. The standard InChI is InChI=1S/C21H21BrN4O3S/c1-11-16(8-12-3-2-4-13(22)7-12)26-21(30-11)18(28)14-9-23-10-24-20(14)25-15-5-6-17(27)19(15)29/h2-4,7,9-10,15,17,19,27,29H,5-6,8H2,1H3,(H,23,24,25)/t15-,17-,19+/m1/s1. The van der Waals surface area contributed by atoms with E-state index in [-0.39, 0.29) is 11.8 Å². The van der Waals surface area contributed by atoms with Crippen molar-refractivity contribution in [1.29, 1.82) is 0 Å². The maximum Gasteiger partial charge on any atom is 0.226 e. The van der Waals surface area contributed by atoms with Crippen molar-refractivity contribution in [3.8, 4) is 0 Å². The van der Waals surface area contributed by atoms with Crippen molar-refractivity contribution < 1.29 is 15.0 Å². The first kappa shape index (κ1) is 21.0. The normalized spacial score (nSPS) is 21.0. The number of carbonyl (C=O) groups excluding carboxylic acids is 1. The quantitative estimate of drug-likeness (QED) is 0.457. The van der Waals surface area contributed by atoms with Crippen LogP contribution in [0.4, 0.5) is 5.82 Å². The average molecular weight is 489 g/mol. The zero-order valence-corrected chi connectivity index (χ0v) is 18.7. The summed E-state index contributed by atoms with van der Waals surface area (Å²) in [4.78, 5) is 26.9. The van der Waals surface area contributed by atoms with Gasteiger partial charge in [0.25, 0.3) is 0 Å². The van der Waals surface area contributed by atoms with Crippen LogP contribution in [-0.2, 0) is 6.42 Å². The number of anilines is 1. The molecule has 1 saturated carbocycles. The molecule has 156 valence electrons. The molecule has 0 radical (unpaired) electrons. The lowest BCUT2D eigenvalue weighted by atomic mass is 10.1. The van der Waals surface area contributed by atoms with Crippen LogP contribution in [0, 0.1) is 6.92 Å². The molecule has 2 heterocycles. The summed E-state index contributed by atoms with van der Waals surface area (Å²) in [6.07, 6.45) is 2.86. The van der Waals surface area contributed by atoms with Gasteiger partial charge in [0.1, 0.15) is 12.1 Å². The third kappa shape index (κ3) is 4.44. The average Bonchev–Trinajstić information content (AvgIpc) is 3.25. The lowest BCUT2D eigenvalue weighted by molar-refractivity contribution is 0.0391. The molecule has 1 fully saturated rings. The topological polar surface area (TPSA) is 108 Å². The molecule has 2 aromatic heterocycles. The van der Waals surface area contributed by atoms with E-state index in [1.807, 2.05) is 31.2 Å². The van der Waals surface area contributed by atoms with Gasteiger partial charge in [-0.05, 0) is 37.5 Å². The summed E-state index contributed by atoms with van der Waals surface area (Å²) in [7, 11) is 0. The van der Waals surface area contributed by atoms with Crippen molar-refractivity contribution in [2.45, 2.75) is 44.4 Å². The summed E-state index contributed by atoms with van der Waals surface area (Å²) in [6, 6.07) is 7.64. The first-order valence-corrected chi connectivity index (χ1v) is 11.2. The van der Waals surface area contributed by atoms with Crippen LogP contribution in [0.1, 0.15) is 44.3 Å². The molecule has 3 aromatic rings. The van der Waals surface area contributed by atoms with E-state index in [1.165, 1.54) is 23.9 Å². The number of hydrogen-bond donors (Lipinski definition) is 3. The molecule has 7 nitrogen and oxygen atoms in total. The van der Waals surface area contributed by atoms with Crippen molar-refractivity contribution in [3.05, 3.63) is 68.0 Å². The van der Waals surface area contributed by atoms with Gasteiger partial charge in [-0.25, -0.2) is 15.0 Å². The largest absolute Gasteiger partial charge is 0.390 e. The second kappa shape index (κ2) is 8.89. The highest BCUT2D eigenvalue weighted by Gasteiger charge is 2.34. The van der Waals surface area contributed by atoms with E-state index < -0.39 is 12.2 Å². The summed E-state index contributed by atoms with van der Waals surface area (Å²) in [5.74, 6) is 0.0780. The number of nitrogens with zero attached hydrogens (tertiary/aromatic N) is 3. The number of benzene rings is 1. The first-order chi connectivity index (χ1) is 14.4. The van der Waals surface area contributed by atoms with Gasteiger partial charge in [0.2, 0.25) is 5.78 Å². The van der Waals surface area contributed by atoms with Gasteiger partial charge in [-0.1, -0.05) is 28.1 Å². The maximum absolute atomic E-state index is 13.2. The summed E-state index contributed by atoms with van der Waals surface area (Å²) in [6.45, 7) is 1.96. The minimum Gasteiger partial charge on any atom is -0.390 e. The molecule has 0 amide bonds. The van der Waals surface area contributed by atoms with Crippen LogP contribution in [0.3, 0.4) is 0 Å². The molecular formula is C21H21BrN4O3S. The van der Waals surface area contributed by atoms with Crippen molar-refractivity contribution in [2.75, 3.05) is 5.32 Å². The number of aliphatic hydroxyl groups is 2. The summed E-state index contributed by atoms with van der Waals surface area (Å²) < 4.78 is 1.00. The summed E-state index contributed by atoms with van der Waals surface area (Å²) in [5, 5.41) is 23.4. The molecule has 3 N–H and O–H groups in total. The van der Waals surface area contributed by atoms with Crippen LogP contribution in [0.2, 0.25) is 0 Å². The van der Waals surface area contributed by atoms with Gasteiger partial charge in [-0.2, -0.15) is 0 Å². The van der Waals surface area contributed by atoms with Crippen LogP contribution >= 0.6 is 27.3 Å². The molecular weight excluding hydrogens is 468 g/mol. The molecule has 30 heavy (non-hydrogen) atoms. The van der Waals surface area contributed by atoms with E-state index in [0.717, 1.165) is 20.6 Å². The third-order valence-corrected chi connectivity index (χ3v) is 6.71. The molecule has 3 atom stereocenters. The Morgan fingerprint density at radius 1 is 1.33 bits per heavy atom. The number of aromatic nitrogens is 3. The van der Waals surface area contributed by atoms with E-state index in [2.05, 4.69) is 36.2 Å². The fourth-order valence-corrected chi connectivity index (χ4v) is 4.88. The predicted octanol–water partition coefficient (Wildman–Crippen LogP) is 3.12. The highest BCUT2D eigenvalue weighted by Crippen LogP contribution is 2.27. The van der Waals surface area contributed by atoms with Crippen LogP contribution in [0.5, 0.6) is 0 Å². The molecule has 1 aliphatic carbocycles. The fraction of sp³-hybridized carbons (Fsp3) is 0.333. The van der Waals surface area contributed by atoms with Crippen LogP contribution in [0.15, 0.2) is 41.3 Å². The number of aliphatic hydroxyl groups excluding tert-OH is 2. The molecule has 0 spiro atoms. The zero-order valence-electron chi connectivity index (χ0n) is 16.2. The maximum atomic E-state index is 13.2. The number of ketones is 1. The highest BCUT2D eigenvalue weighted by atomic mass is 79.9. The molecule has 1 aromatic carbocycles. The Morgan fingerprint density at radius 3 is 2.90 bits per heavy atom. The Hall–Kier alpha value is -2.20. The van der Waals surface area contributed by atoms with Gasteiger partial charge in [0.05, 0.1) is 29.5 Å². The summed E-state index contributed by atoms with van der Waals surface area (Å²) >= 11 is 4.83. The van der Waals surface area contributed by atoms with Gasteiger partial charge in [-0.15, -0.1) is 11.3 Å². The minimum absolute atomic E-state index is 0.264. The number of nitrogens with one attached hydrogen (secondary N) is 1. The predicted molar refractivity (Wildman–Crippen MR) is 118 cm³/mol. The highest BCUT2D eigenvalue weighted by molar-refractivity contribution is 9.10. The number of rotatable bonds is 6. The molecule has 0 aliphatic heterocycles. The monoisotopic (exact) mass is 488 g/mol. The van der Waals surface area contributed by atoms with E-state index in [1.54, 1.807) is 0 Å². The van der Waals surface area contributed by atoms with Gasteiger partial charge in [-0.3, -0.25) is 4.79 Å². The minimum atomic E-state index is -0.901. The lowest BCUT2D eigenvalue weighted by Gasteiger charge is -2.19. The fourth-order valence-electron chi connectivity index (χ4n) is 3.55. The van der Waals surface area contributed by atoms with Gasteiger partial charge >= 0.3 is 0 Å². The van der Waals surface area contributed by atoms with Crippen LogP contribution in [0.25, 0.3) is 0 Å². The van der Waals surface area contributed by atoms with Crippen molar-refractivity contribution >= 4 is 38.9 Å². The first-order valence-electron chi connectivity index (χ1n) is 9.60. The lowest BCUT2D eigenvalue weighted by Crippen LogP contribution is -2.35. The van der Waals surface area contributed by atoms with Gasteiger partial charge in [0, 0.05) is 22.0 Å². The molecule has 0 bridgehead atoms. The van der Waals surface area contributed by atoms with Gasteiger partial charge < -0.3 is 15.5 Å². The number of carbonyl (C=O) groups is 1. The molecule has 4 rings (SSSR count). The van der Waals surface area contributed by atoms with E-state index >= 15 is 0 Å². The van der Waals surface area contributed by atoms with E-state index in [4.69, 9.17) is 0 Å². The van der Waals surface area contributed by atoms with E-state index in [9.17, 15) is 15.0 Å². The van der Waals surface area contributed by atoms with Crippen LogP contribution < -0.4 is 5.32 Å². The molecule has 9 heteroatoms. The van der Waals surface area contributed by atoms with Crippen molar-refractivity contribution in [3.63, 3.8) is 0 Å². The van der Waals surface area contributed by atoms with Crippen molar-refractivity contribution in [1.82, 2.24) is 15.0 Å². The van der Waals surface area contributed by atoms with Crippen molar-refractivity contribution in [2.24, 2.45) is 0 Å².